The number of nitriles is 1. The van der Waals surface area contributed by atoms with Gasteiger partial charge < -0.3 is 5.32 Å². The third-order valence-electron chi connectivity index (χ3n) is 3.72. The first-order chi connectivity index (χ1) is 9.81. The zero-order valence-corrected chi connectivity index (χ0v) is 12.3. The van der Waals surface area contributed by atoms with Crippen LogP contribution in [0, 0.1) is 11.3 Å². The molecular weight excluding hydrogens is 266 g/mol. The zero-order valence-electron chi connectivity index (χ0n) is 11.5. The van der Waals surface area contributed by atoms with Crippen molar-refractivity contribution in [3.8, 4) is 6.07 Å². The lowest BCUT2D eigenvalue weighted by atomic mass is 10.0. The molecule has 0 saturated carbocycles. The summed E-state index contributed by atoms with van der Waals surface area (Å²) >= 11 is 1.73. The lowest BCUT2D eigenvalue weighted by Crippen LogP contribution is -2.29. The highest BCUT2D eigenvalue weighted by Gasteiger charge is 2.24. The molecule has 3 rings (SSSR count). The van der Waals surface area contributed by atoms with E-state index in [-0.39, 0.29) is 0 Å². The molecular formula is C16H17N3S. The molecule has 0 fully saturated rings. The van der Waals surface area contributed by atoms with Crippen LogP contribution in [-0.2, 0) is 19.5 Å². The molecule has 0 radical (unpaired) electrons. The standard InChI is InChI=1S/C16H17N3S/c1-18-16-13(9-17)14-11-19(8-7-15(14)20-16)10-12-5-3-2-4-6-12/h2-6,18H,7-8,10-11H2,1H3. The molecule has 0 saturated heterocycles. The summed E-state index contributed by atoms with van der Waals surface area (Å²) in [6.45, 7) is 2.90. The summed E-state index contributed by atoms with van der Waals surface area (Å²) < 4.78 is 0. The van der Waals surface area contributed by atoms with Crippen molar-refractivity contribution in [1.29, 1.82) is 5.26 Å². The van der Waals surface area contributed by atoms with Crippen LogP contribution < -0.4 is 5.32 Å². The van der Waals surface area contributed by atoms with E-state index in [0.29, 0.717) is 0 Å². The van der Waals surface area contributed by atoms with Gasteiger partial charge in [0.15, 0.2) is 0 Å². The zero-order chi connectivity index (χ0) is 13.9. The van der Waals surface area contributed by atoms with Crippen molar-refractivity contribution in [2.75, 3.05) is 18.9 Å². The van der Waals surface area contributed by atoms with Gasteiger partial charge in [-0.05, 0) is 12.0 Å². The molecule has 3 nitrogen and oxygen atoms in total. The predicted octanol–water partition coefficient (Wildman–Crippen LogP) is 3.22. The van der Waals surface area contributed by atoms with Gasteiger partial charge in [0.05, 0.1) is 5.56 Å². The third-order valence-corrected chi connectivity index (χ3v) is 5.02. The summed E-state index contributed by atoms with van der Waals surface area (Å²) in [5, 5.41) is 13.5. The molecule has 1 aliphatic heterocycles. The van der Waals surface area contributed by atoms with E-state index in [1.807, 2.05) is 13.1 Å². The molecule has 0 atom stereocenters. The fourth-order valence-corrected chi connectivity index (χ4v) is 3.82. The minimum absolute atomic E-state index is 0.838. The van der Waals surface area contributed by atoms with Crippen molar-refractivity contribution in [2.45, 2.75) is 19.5 Å². The number of hydrogen-bond donors (Lipinski definition) is 1. The lowest BCUT2D eigenvalue weighted by molar-refractivity contribution is 0.247. The molecule has 1 N–H and O–H groups in total. The second-order valence-corrected chi connectivity index (χ2v) is 6.12. The van der Waals surface area contributed by atoms with Crippen molar-refractivity contribution >= 4 is 16.3 Å². The highest BCUT2D eigenvalue weighted by atomic mass is 32.1. The first-order valence-electron chi connectivity index (χ1n) is 6.80. The average Bonchev–Trinajstić information content (AvgIpc) is 2.85. The monoisotopic (exact) mass is 283 g/mol. The van der Waals surface area contributed by atoms with Gasteiger partial charge in [0, 0.05) is 37.1 Å². The molecule has 2 heterocycles. The summed E-state index contributed by atoms with van der Waals surface area (Å²) in [5.41, 5.74) is 3.40. The average molecular weight is 283 g/mol. The van der Waals surface area contributed by atoms with Gasteiger partial charge in [-0.3, -0.25) is 4.90 Å². The summed E-state index contributed by atoms with van der Waals surface area (Å²) in [5.74, 6) is 0. The molecule has 4 heteroatoms. The number of benzene rings is 1. The molecule has 0 bridgehead atoms. The Labute approximate surface area is 123 Å². The van der Waals surface area contributed by atoms with Crippen LogP contribution in [0.15, 0.2) is 30.3 Å². The Morgan fingerprint density at radius 2 is 2.15 bits per heavy atom. The minimum atomic E-state index is 0.838. The van der Waals surface area contributed by atoms with E-state index < -0.39 is 0 Å². The summed E-state index contributed by atoms with van der Waals surface area (Å²) in [4.78, 5) is 3.79. The van der Waals surface area contributed by atoms with Crippen LogP contribution in [0.25, 0.3) is 0 Å². The second-order valence-electron chi connectivity index (χ2n) is 5.02. The van der Waals surface area contributed by atoms with E-state index in [0.717, 1.165) is 36.6 Å². The molecule has 102 valence electrons. The molecule has 20 heavy (non-hydrogen) atoms. The molecule has 1 aromatic carbocycles. The minimum Gasteiger partial charge on any atom is -0.379 e. The molecule has 1 aromatic heterocycles. The van der Waals surface area contributed by atoms with Crippen molar-refractivity contribution in [1.82, 2.24) is 4.90 Å². The van der Waals surface area contributed by atoms with Gasteiger partial charge in [0.2, 0.25) is 0 Å². The maximum absolute atomic E-state index is 9.37. The van der Waals surface area contributed by atoms with Gasteiger partial charge in [0.1, 0.15) is 11.1 Å². The van der Waals surface area contributed by atoms with Crippen molar-refractivity contribution in [2.24, 2.45) is 0 Å². The highest BCUT2D eigenvalue weighted by Crippen LogP contribution is 2.36. The number of rotatable bonds is 3. The molecule has 0 spiro atoms. The second kappa shape index (κ2) is 5.66. The molecule has 1 aliphatic rings. The van der Waals surface area contributed by atoms with Gasteiger partial charge in [-0.15, -0.1) is 11.3 Å². The molecule has 0 aliphatic carbocycles. The molecule has 0 unspecified atom stereocenters. The Balaban J connectivity index is 1.81. The van der Waals surface area contributed by atoms with E-state index in [9.17, 15) is 5.26 Å². The Bertz CT molecular complexity index is 640. The number of nitrogens with one attached hydrogen (secondary N) is 1. The van der Waals surface area contributed by atoms with Crippen LogP contribution >= 0.6 is 11.3 Å². The van der Waals surface area contributed by atoms with Crippen molar-refractivity contribution < 1.29 is 0 Å². The van der Waals surface area contributed by atoms with E-state index in [1.54, 1.807) is 11.3 Å². The fourth-order valence-electron chi connectivity index (χ4n) is 2.71. The topological polar surface area (TPSA) is 39.1 Å². The van der Waals surface area contributed by atoms with Crippen LogP contribution in [0.4, 0.5) is 5.00 Å². The van der Waals surface area contributed by atoms with Gasteiger partial charge in [-0.1, -0.05) is 30.3 Å². The van der Waals surface area contributed by atoms with Crippen LogP contribution in [-0.4, -0.2) is 18.5 Å². The van der Waals surface area contributed by atoms with E-state index >= 15 is 0 Å². The van der Waals surface area contributed by atoms with Crippen LogP contribution in [0.5, 0.6) is 0 Å². The third kappa shape index (κ3) is 2.43. The van der Waals surface area contributed by atoms with E-state index in [1.165, 1.54) is 16.0 Å². The Kier molecular flexibility index (Phi) is 3.72. The normalized spacial score (nSPS) is 14.6. The maximum Gasteiger partial charge on any atom is 0.107 e. The van der Waals surface area contributed by atoms with Gasteiger partial charge in [0.25, 0.3) is 0 Å². The van der Waals surface area contributed by atoms with Crippen LogP contribution in [0.2, 0.25) is 0 Å². The largest absolute Gasteiger partial charge is 0.379 e. The number of hydrogen-bond acceptors (Lipinski definition) is 4. The van der Waals surface area contributed by atoms with Gasteiger partial charge >= 0.3 is 0 Å². The maximum atomic E-state index is 9.37. The van der Waals surface area contributed by atoms with Crippen LogP contribution in [0.3, 0.4) is 0 Å². The Morgan fingerprint density at radius 1 is 1.35 bits per heavy atom. The quantitative estimate of drug-likeness (QED) is 0.940. The number of fused-ring (bicyclic) bond motifs is 1. The molecule has 0 amide bonds. The number of thiophene rings is 1. The Morgan fingerprint density at radius 3 is 2.85 bits per heavy atom. The van der Waals surface area contributed by atoms with Gasteiger partial charge in [-0.25, -0.2) is 0 Å². The van der Waals surface area contributed by atoms with Crippen molar-refractivity contribution in [3.05, 3.63) is 51.9 Å². The smallest absolute Gasteiger partial charge is 0.107 e. The van der Waals surface area contributed by atoms with E-state index in [4.69, 9.17) is 0 Å². The summed E-state index contributed by atoms with van der Waals surface area (Å²) in [6.07, 6.45) is 1.04. The SMILES string of the molecule is CNc1sc2c(c1C#N)CN(Cc1ccccc1)CC2. The van der Waals surface area contributed by atoms with E-state index in [2.05, 4.69) is 40.6 Å². The van der Waals surface area contributed by atoms with Crippen LogP contribution in [0.1, 0.15) is 21.6 Å². The molecule has 2 aromatic rings. The first kappa shape index (κ1) is 13.2. The first-order valence-corrected chi connectivity index (χ1v) is 7.62. The lowest BCUT2D eigenvalue weighted by Gasteiger charge is -2.27. The van der Waals surface area contributed by atoms with Crippen molar-refractivity contribution in [3.63, 3.8) is 0 Å². The summed E-state index contributed by atoms with van der Waals surface area (Å²) in [7, 11) is 1.89. The van der Waals surface area contributed by atoms with Gasteiger partial charge in [-0.2, -0.15) is 5.26 Å². The Hall–Kier alpha value is -1.83. The fraction of sp³-hybridized carbons (Fsp3) is 0.312. The number of nitrogens with zero attached hydrogens (tertiary/aromatic N) is 2. The number of anilines is 1. The highest BCUT2D eigenvalue weighted by molar-refractivity contribution is 7.16. The summed E-state index contributed by atoms with van der Waals surface area (Å²) in [6, 6.07) is 12.9. The predicted molar refractivity (Wildman–Crippen MR) is 82.8 cm³/mol.